The summed E-state index contributed by atoms with van der Waals surface area (Å²) < 4.78 is 16.1. The molecule has 1 amide bonds. The Kier molecular flexibility index (Phi) is 8.60. The molecule has 8 heteroatoms. The normalized spacial score (nSPS) is 10.4. The van der Waals surface area contributed by atoms with Gasteiger partial charge in [0.15, 0.2) is 0 Å². The van der Waals surface area contributed by atoms with Crippen molar-refractivity contribution < 1.29 is 28.6 Å². The molecule has 3 aromatic rings. The van der Waals surface area contributed by atoms with Crippen molar-refractivity contribution in [3.63, 3.8) is 0 Å². The fourth-order valence-electron chi connectivity index (χ4n) is 3.00. The summed E-state index contributed by atoms with van der Waals surface area (Å²) in [5.41, 5.74) is 1.41. The smallest absolute Gasteiger partial charge is 0.349 e. The zero-order valence-corrected chi connectivity index (χ0v) is 19.3. The molecule has 0 radical (unpaired) electrons. The maximum atomic E-state index is 12.7. The number of amides is 1. The van der Waals surface area contributed by atoms with Crippen LogP contribution < -0.4 is 10.1 Å². The van der Waals surface area contributed by atoms with Gasteiger partial charge in [-0.25, -0.2) is 9.59 Å². The quantitative estimate of drug-likeness (QED) is 0.422. The van der Waals surface area contributed by atoms with E-state index in [-0.39, 0.29) is 47.6 Å². The number of carbonyl (C=O) groups is 3. The molecule has 1 heterocycles. The summed E-state index contributed by atoms with van der Waals surface area (Å²) in [6, 6.07) is 18.4. The van der Waals surface area contributed by atoms with Crippen LogP contribution >= 0.6 is 11.3 Å². The van der Waals surface area contributed by atoms with Gasteiger partial charge in [0, 0.05) is 0 Å². The summed E-state index contributed by atoms with van der Waals surface area (Å²) in [7, 11) is 0. The van der Waals surface area contributed by atoms with E-state index in [9.17, 15) is 14.4 Å². The maximum absolute atomic E-state index is 12.7. The van der Waals surface area contributed by atoms with Gasteiger partial charge in [-0.2, -0.15) is 0 Å². The Morgan fingerprint density at radius 2 is 1.58 bits per heavy atom. The summed E-state index contributed by atoms with van der Waals surface area (Å²) in [6.07, 6.45) is 0.0713. The highest BCUT2D eigenvalue weighted by molar-refractivity contribution is 7.18. The molecule has 0 saturated heterocycles. The second-order valence-corrected chi connectivity index (χ2v) is 8.02. The van der Waals surface area contributed by atoms with Crippen molar-refractivity contribution in [1.29, 1.82) is 0 Å². The predicted octanol–water partition coefficient (Wildman–Crippen LogP) is 5.00. The lowest BCUT2D eigenvalue weighted by Gasteiger charge is -2.08. The molecule has 0 aliphatic carbocycles. The SMILES string of the molecule is CCOC(=O)c1c(NC(=O)CCOc2ccccc2)sc(C(=O)OCc2ccccc2)c1C. The van der Waals surface area contributed by atoms with E-state index < -0.39 is 11.9 Å². The second kappa shape index (κ2) is 11.8. The van der Waals surface area contributed by atoms with Crippen molar-refractivity contribution in [1.82, 2.24) is 0 Å². The van der Waals surface area contributed by atoms with Crippen LogP contribution in [-0.2, 0) is 20.9 Å². The van der Waals surface area contributed by atoms with Gasteiger partial charge in [0.05, 0.1) is 25.2 Å². The van der Waals surface area contributed by atoms with Crippen LogP contribution in [-0.4, -0.2) is 31.1 Å². The third-order valence-electron chi connectivity index (χ3n) is 4.62. The third-order valence-corrected chi connectivity index (χ3v) is 5.81. The fraction of sp³-hybridized carbons (Fsp3) is 0.240. The van der Waals surface area contributed by atoms with Crippen LogP contribution in [0, 0.1) is 6.92 Å². The van der Waals surface area contributed by atoms with E-state index in [4.69, 9.17) is 14.2 Å². The van der Waals surface area contributed by atoms with Crippen LogP contribution in [0.3, 0.4) is 0 Å². The van der Waals surface area contributed by atoms with Crippen LogP contribution in [0.25, 0.3) is 0 Å². The molecule has 0 aliphatic rings. The third kappa shape index (κ3) is 6.66. The van der Waals surface area contributed by atoms with Gasteiger partial charge in [-0.1, -0.05) is 48.5 Å². The van der Waals surface area contributed by atoms with E-state index in [1.165, 1.54) is 0 Å². The van der Waals surface area contributed by atoms with Crippen LogP contribution in [0.5, 0.6) is 5.75 Å². The predicted molar refractivity (Wildman–Crippen MR) is 126 cm³/mol. The summed E-state index contributed by atoms with van der Waals surface area (Å²) in [4.78, 5) is 38.0. The number of nitrogens with one attached hydrogen (secondary N) is 1. The van der Waals surface area contributed by atoms with Crippen LogP contribution in [0.1, 0.15) is 44.5 Å². The van der Waals surface area contributed by atoms with E-state index in [1.807, 2.05) is 48.5 Å². The van der Waals surface area contributed by atoms with E-state index >= 15 is 0 Å². The van der Waals surface area contributed by atoms with Gasteiger partial charge in [-0.05, 0) is 37.1 Å². The molecule has 7 nitrogen and oxygen atoms in total. The highest BCUT2D eigenvalue weighted by Crippen LogP contribution is 2.34. The van der Waals surface area contributed by atoms with Gasteiger partial charge in [-0.3, -0.25) is 4.79 Å². The fourth-order valence-corrected chi connectivity index (χ4v) is 4.11. The average Bonchev–Trinajstić information content (AvgIpc) is 3.14. The van der Waals surface area contributed by atoms with E-state index in [0.717, 1.165) is 16.9 Å². The van der Waals surface area contributed by atoms with Gasteiger partial charge in [0.25, 0.3) is 0 Å². The molecule has 3 rings (SSSR count). The molecule has 33 heavy (non-hydrogen) atoms. The van der Waals surface area contributed by atoms with Crippen molar-refractivity contribution in [3.8, 4) is 5.75 Å². The molecule has 0 saturated carbocycles. The van der Waals surface area contributed by atoms with Crippen molar-refractivity contribution in [2.24, 2.45) is 0 Å². The maximum Gasteiger partial charge on any atom is 0.349 e. The molecular formula is C25H25NO6S. The molecule has 2 aromatic carbocycles. The molecule has 172 valence electrons. The van der Waals surface area contributed by atoms with Gasteiger partial charge in [0.1, 0.15) is 22.2 Å². The number of ether oxygens (including phenoxy) is 3. The number of carbonyl (C=O) groups excluding carboxylic acids is 3. The molecule has 0 atom stereocenters. The van der Waals surface area contributed by atoms with Crippen LogP contribution in [0.4, 0.5) is 5.00 Å². The Balaban J connectivity index is 1.70. The van der Waals surface area contributed by atoms with E-state index in [2.05, 4.69) is 5.32 Å². The highest BCUT2D eigenvalue weighted by atomic mass is 32.1. The summed E-state index contributed by atoms with van der Waals surface area (Å²) in [6.45, 7) is 3.76. The monoisotopic (exact) mass is 467 g/mol. The van der Waals surface area contributed by atoms with Crippen molar-refractivity contribution >= 4 is 34.2 Å². The number of esters is 2. The lowest BCUT2D eigenvalue weighted by molar-refractivity contribution is -0.116. The topological polar surface area (TPSA) is 90.9 Å². The summed E-state index contributed by atoms with van der Waals surface area (Å²) >= 11 is 0.994. The first kappa shape index (κ1) is 24.0. The minimum atomic E-state index is -0.607. The Bertz CT molecular complexity index is 1090. The zero-order chi connectivity index (χ0) is 23.6. The molecular weight excluding hydrogens is 442 g/mol. The number of hydrogen-bond acceptors (Lipinski definition) is 7. The molecule has 0 fully saturated rings. The minimum Gasteiger partial charge on any atom is -0.493 e. The molecule has 0 spiro atoms. The summed E-state index contributed by atoms with van der Waals surface area (Å²) in [5.74, 6) is -0.862. The number of anilines is 1. The average molecular weight is 468 g/mol. The Morgan fingerprint density at radius 3 is 2.24 bits per heavy atom. The van der Waals surface area contributed by atoms with E-state index in [0.29, 0.717) is 11.3 Å². The number of para-hydroxylation sites is 1. The number of rotatable bonds is 10. The van der Waals surface area contributed by atoms with E-state index in [1.54, 1.807) is 26.0 Å². The van der Waals surface area contributed by atoms with Crippen molar-refractivity contribution in [3.05, 3.63) is 82.2 Å². The van der Waals surface area contributed by atoms with Crippen LogP contribution in [0.15, 0.2) is 60.7 Å². The second-order valence-electron chi connectivity index (χ2n) is 7.00. The number of hydrogen-bond donors (Lipinski definition) is 1. The molecule has 0 aliphatic heterocycles. The van der Waals surface area contributed by atoms with Gasteiger partial charge >= 0.3 is 11.9 Å². The molecule has 1 aromatic heterocycles. The Labute approximate surface area is 196 Å². The first-order valence-corrected chi connectivity index (χ1v) is 11.3. The van der Waals surface area contributed by atoms with Gasteiger partial charge < -0.3 is 19.5 Å². The van der Waals surface area contributed by atoms with Gasteiger partial charge in [-0.15, -0.1) is 11.3 Å². The van der Waals surface area contributed by atoms with Crippen molar-refractivity contribution in [2.75, 3.05) is 18.5 Å². The Morgan fingerprint density at radius 1 is 0.909 bits per heavy atom. The Hall–Kier alpha value is -3.65. The molecule has 0 bridgehead atoms. The number of thiophene rings is 1. The zero-order valence-electron chi connectivity index (χ0n) is 18.5. The standard InChI is InChI=1S/C25H25NO6S/c1-3-30-24(28)21-17(2)22(25(29)32-16-18-10-6-4-7-11-18)33-23(21)26-20(27)14-15-31-19-12-8-5-9-13-19/h4-13H,3,14-16H2,1-2H3,(H,26,27). The first-order valence-electron chi connectivity index (χ1n) is 10.5. The minimum absolute atomic E-state index is 0.0713. The lowest BCUT2D eigenvalue weighted by Crippen LogP contribution is -2.17. The first-order chi connectivity index (χ1) is 16.0. The number of benzene rings is 2. The largest absolute Gasteiger partial charge is 0.493 e. The highest BCUT2D eigenvalue weighted by Gasteiger charge is 2.27. The molecule has 1 N–H and O–H groups in total. The summed E-state index contributed by atoms with van der Waals surface area (Å²) in [5, 5.41) is 2.97. The lowest BCUT2D eigenvalue weighted by atomic mass is 10.1. The van der Waals surface area contributed by atoms with Gasteiger partial charge in [0.2, 0.25) is 5.91 Å². The van der Waals surface area contributed by atoms with Crippen molar-refractivity contribution in [2.45, 2.75) is 26.9 Å². The van der Waals surface area contributed by atoms with Crippen LogP contribution in [0.2, 0.25) is 0 Å². The molecule has 0 unspecified atom stereocenters.